The Kier molecular flexibility index (Phi) is 8.17. The van der Waals surface area contributed by atoms with E-state index in [0.717, 1.165) is 6.04 Å². The Bertz CT molecular complexity index is 203. The SMILES string of the molecule is CCCC[N+]1(C2CCCCCCC2)CCCC1.[I-]. The molecule has 0 aromatic rings. The Labute approximate surface area is 131 Å². The van der Waals surface area contributed by atoms with E-state index in [2.05, 4.69) is 6.92 Å². The molecule has 1 heterocycles. The second-order valence-corrected chi connectivity index (χ2v) is 6.45. The van der Waals surface area contributed by atoms with Gasteiger partial charge in [-0.3, -0.25) is 0 Å². The molecule has 0 aromatic heterocycles. The van der Waals surface area contributed by atoms with Crippen LogP contribution >= 0.6 is 0 Å². The molecule has 1 aliphatic heterocycles. The molecule has 18 heavy (non-hydrogen) atoms. The van der Waals surface area contributed by atoms with Crippen LogP contribution in [0, 0.1) is 0 Å². The number of nitrogens with zero attached hydrogens (tertiary/aromatic N) is 1. The first-order chi connectivity index (χ1) is 8.37. The molecule has 0 aromatic carbocycles. The third-order valence-corrected chi connectivity index (χ3v) is 5.26. The summed E-state index contributed by atoms with van der Waals surface area (Å²) >= 11 is 0. The molecule has 0 radical (unpaired) electrons. The molecule has 2 aliphatic rings. The second-order valence-electron chi connectivity index (χ2n) is 6.45. The zero-order chi connectivity index (χ0) is 12.0. The van der Waals surface area contributed by atoms with Crippen LogP contribution in [0.4, 0.5) is 0 Å². The average molecular weight is 365 g/mol. The summed E-state index contributed by atoms with van der Waals surface area (Å²) in [6.07, 6.45) is 16.4. The number of hydrogen-bond acceptors (Lipinski definition) is 0. The molecular formula is C16H32IN. The van der Waals surface area contributed by atoms with Gasteiger partial charge in [-0.2, -0.15) is 0 Å². The first-order valence-electron chi connectivity index (χ1n) is 8.23. The monoisotopic (exact) mass is 365 g/mol. The number of unbranched alkanes of at least 4 members (excludes halogenated alkanes) is 1. The van der Waals surface area contributed by atoms with Gasteiger partial charge in [-0.05, 0) is 32.1 Å². The van der Waals surface area contributed by atoms with Crippen LogP contribution in [0.1, 0.15) is 77.6 Å². The first-order valence-corrected chi connectivity index (χ1v) is 8.23. The van der Waals surface area contributed by atoms with E-state index in [1.54, 1.807) is 0 Å². The van der Waals surface area contributed by atoms with Crippen molar-refractivity contribution in [3.63, 3.8) is 0 Å². The van der Waals surface area contributed by atoms with E-state index in [1.807, 2.05) is 0 Å². The molecule has 2 rings (SSSR count). The van der Waals surface area contributed by atoms with Gasteiger partial charge >= 0.3 is 0 Å². The van der Waals surface area contributed by atoms with E-state index in [-0.39, 0.29) is 24.0 Å². The topological polar surface area (TPSA) is 0 Å². The predicted octanol–water partition coefficient (Wildman–Crippen LogP) is 1.51. The fourth-order valence-corrected chi connectivity index (χ4v) is 4.19. The van der Waals surface area contributed by atoms with Crippen LogP contribution in [-0.2, 0) is 0 Å². The van der Waals surface area contributed by atoms with E-state index < -0.39 is 0 Å². The Morgan fingerprint density at radius 2 is 1.39 bits per heavy atom. The Hall–Kier alpha value is 0.690. The highest BCUT2D eigenvalue weighted by atomic mass is 127. The molecule has 1 saturated heterocycles. The maximum Gasteiger partial charge on any atom is 0.0890 e. The van der Waals surface area contributed by atoms with Crippen LogP contribution in [0.15, 0.2) is 0 Å². The molecule has 108 valence electrons. The van der Waals surface area contributed by atoms with Gasteiger partial charge in [-0.15, -0.1) is 0 Å². The van der Waals surface area contributed by atoms with E-state index in [0.29, 0.717) is 0 Å². The van der Waals surface area contributed by atoms with Gasteiger partial charge in [0.25, 0.3) is 0 Å². The molecule has 1 saturated carbocycles. The Morgan fingerprint density at radius 1 is 0.833 bits per heavy atom. The van der Waals surface area contributed by atoms with Crippen molar-refractivity contribution in [1.82, 2.24) is 0 Å². The highest BCUT2D eigenvalue weighted by Gasteiger charge is 2.38. The van der Waals surface area contributed by atoms with Crippen LogP contribution in [0.5, 0.6) is 0 Å². The summed E-state index contributed by atoms with van der Waals surface area (Å²) in [5, 5.41) is 0. The Balaban J connectivity index is 0.00000162. The Morgan fingerprint density at radius 3 is 1.94 bits per heavy atom. The summed E-state index contributed by atoms with van der Waals surface area (Å²) in [5.74, 6) is 0. The summed E-state index contributed by atoms with van der Waals surface area (Å²) in [7, 11) is 0. The van der Waals surface area contributed by atoms with Crippen LogP contribution in [0.2, 0.25) is 0 Å². The van der Waals surface area contributed by atoms with Crippen LogP contribution in [-0.4, -0.2) is 30.2 Å². The standard InChI is InChI=1S/C16H32N.HI/c1-2-3-13-17(14-9-10-15-17)16-11-7-5-4-6-8-12-16;/h16H,2-15H2,1H3;1H/q+1;/p-1. The summed E-state index contributed by atoms with van der Waals surface area (Å²) in [6, 6.07) is 1.03. The van der Waals surface area contributed by atoms with Gasteiger partial charge in [-0.1, -0.05) is 32.6 Å². The van der Waals surface area contributed by atoms with Crippen LogP contribution < -0.4 is 24.0 Å². The van der Waals surface area contributed by atoms with Gasteiger partial charge in [0.2, 0.25) is 0 Å². The lowest BCUT2D eigenvalue weighted by Crippen LogP contribution is -3.00. The van der Waals surface area contributed by atoms with Gasteiger partial charge in [0.1, 0.15) is 0 Å². The van der Waals surface area contributed by atoms with Crippen molar-refractivity contribution in [2.24, 2.45) is 0 Å². The molecule has 2 heteroatoms. The van der Waals surface area contributed by atoms with Crippen molar-refractivity contribution in [2.75, 3.05) is 19.6 Å². The smallest absolute Gasteiger partial charge is 0.0890 e. The number of hydrogen-bond donors (Lipinski definition) is 0. The van der Waals surface area contributed by atoms with E-state index in [1.165, 1.54) is 94.7 Å². The van der Waals surface area contributed by atoms with E-state index >= 15 is 0 Å². The van der Waals surface area contributed by atoms with Gasteiger partial charge in [0.05, 0.1) is 25.7 Å². The van der Waals surface area contributed by atoms with Crippen molar-refractivity contribution >= 4 is 0 Å². The second kappa shape index (κ2) is 8.78. The third-order valence-electron chi connectivity index (χ3n) is 5.26. The minimum absolute atomic E-state index is 0. The minimum Gasteiger partial charge on any atom is -1.00 e. The quantitative estimate of drug-likeness (QED) is 0.524. The zero-order valence-electron chi connectivity index (χ0n) is 12.3. The molecule has 0 amide bonds. The van der Waals surface area contributed by atoms with Crippen LogP contribution in [0.25, 0.3) is 0 Å². The predicted molar refractivity (Wildman–Crippen MR) is 75.1 cm³/mol. The fourth-order valence-electron chi connectivity index (χ4n) is 4.19. The molecule has 2 fully saturated rings. The molecule has 0 spiro atoms. The maximum absolute atomic E-state index is 2.35. The first kappa shape index (κ1) is 16.7. The lowest BCUT2D eigenvalue weighted by molar-refractivity contribution is -0.941. The summed E-state index contributed by atoms with van der Waals surface area (Å²) in [4.78, 5) is 0. The van der Waals surface area contributed by atoms with Crippen molar-refractivity contribution < 1.29 is 28.5 Å². The lowest BCUT2D eigenvalue weighted by Gasteiger charge is -2.43. The normalized spacial score (nSPS) is 25.2. The number of likely N-dealkylation sites (tertiary alicyclic amines) is 1. The van der Waals surface area contributed by atoms with E-state index in [9.17, 15) is 0 Å². The minimum atomic E-state index is 0. The number of quaternary nitrogens is 1. The van der Waals surface area contributed by atoms with Crippen molar-refractivity contribution in [3.8, 4) is 0 Å². The molecule has 1 aliphatic carbocycles. The van der Waals surface area contributed by atoms with Crippen molar-refractivity contribution in [2.45, 2.75) is 83.6 Å². The maximum atomic E-state index is 2.35. The molecule has 0 atom stereocenters. The molecular weight excluding hydrogens is 333 g/mol. The van der Waals surface area contributed by atoms with Gasteiger partial charge in [0, 0.05) is 12.8 Å². The molecule has 1 nitrogen and oxygen atoms in total. The highest BCUT2D eigenvalue weighted by molar-refractivity contribution is 4.69. The van der Waals surface area contributed by atoms with Gasteiger partial charge < -0.3 is 28.5 Å². The van der Waals surface area contributed by atoms with Gasteiger partial charge in [0.15, 0.2) is 0 Å². The number of rotatable bonds is 4. The van der Waals surface area contributed by atoms with Crippen LogP contribution in [0.3, 0.4) is 0 Å². The largest absolute Gasteiger partial charge is 1.00 e. The lowest BCUT2D eigenvalue weighted by atomic mass is 9.93. The zero-order valence-corrected chi connectivity index (χ0v) is 14.5. The van der Waals surface area contributed by atoms with Gasteiger partial charge in [-0.25, -0.2) is 0 Å². The average Bonchev–Trinajstić information content (AvgIpc) is 2.75. The molecule has 0 N–H and O–H groups in total. The van der Waals surface area contributed by atoms with Crippen molar-refractivity contribution in [1.29, 1.82) is 0 Å². The van der Waals surface area contributed by atoms with E-state index in [4.69, 9.17) is 0 Å². The third kappa shape index (κ3) is 4.36. The van der Waals surface area contributed by atoms with Crippen molar-refractivity contribution in [3.05, 3.63) is 0 Å². The number of halogens is 1. The molecule has 0 bridgehead atoms. The highest BCUT2D eigenvalue weighted by Crippen LogP contribution is 2.32. The summed E-state index contributed by atoms with van der Waals surface area (Å²) in [5.41, 5.74) is 0. The summed E-state index contributed by atoms with van der Waals surface area (Å²) in [6.45, 7) is 6.85. The fraction of sp³-hybridized carbons (Fsp3) is 1.00. The summed E-state index contributed by atoms with van der Waals surface area (Å²) < 4.78 is 1.52. The molecule has 0 unspecified atom stereocenters.